The molecule has 3 heterocycles. The predicted molar refractivity (Wildman–Crippen MR) is 130 cm³/mol. The molecule has 4 aromatic rings. The summed E-state index contributed by atoms with van der Waals surface area (Å²) in [7, 11) is 0. The summed E-state index contributed by atoms with van der Waals surface area (Å²) in [5.74, 6) is 0.607. The van der Waals surface area contributed by atoms with Crippen molar-refractivity contribution in [2.24, 2.45) is 0 Å². The predicted octanol–water partition coefficient (Wildman–Crippen LogP) is 6.56. The van der Waals surface area contributed by atoms with Crippen molar-refractivity contribution in [2.45, 2.75) is 33.1 Å². The molecule has 0 saturated carbocycles. The fourth-order valence-electron chi connectivity index (χ4n) is 3.23. The number of hydrogen-bond donors (Lipinski definition) is 1. The van der Waals surface area contributed by atoms with Crippen molar-refractivity contribution < 1.29 is 4.39 Å². The molecule has 0 saturated heterocycles. The summed E-state index contributed by atoms with van der Waals surface area (Å²) in [6, 6.07) is 8.84. The van der Waals surface area contributed by atoms with Gasteiger partial charge in [-0.25, -0.2) is 14.4 Å². The zero-order chi connectivity index (χ0) is 20.4. The summed E-state index contributed by atoms with van der Waals surface area (Å²) < 4.78 is 13.9. The van der Waals surface area contributed by atoms with E-state index >= 15 is 0 Å². The van der Waals surface area contributed by atoms with Gasteiger partial charge in [-0.05, 0) is 56.0 Å². The van der Waals surface area contributed by atoms with Gasteiger partial charge in [-0.2, -0.15) is 0 Å². The van der Waals surface area contributed by atoms with Crippen LogP contribution in [0.5, 0.6) is 0 Å². The number of aromatic nitrogens is 4. The molecular formula is C22H22Cl3FN4S. The SMILES string of the molecule is Cc1nc(C)c(-c2cnc(Cc3ccc(CCc4ccc(Cl)cc4F)cn3)[nH]2)s1.Cl.Cl. The molecule has 164 valence electrons. The molecule has 0 spiro atoms. The number of aryl methyl sites for hydroxylation is 4. The summed E-state index contributed by atoms with van der Waals surface area (Å²) >= 11 is 7.47. The molecule has 9 heteroatoms. The summed E-state index contributed by atoms with van der Waals surface area (Å²) in [5.41, 5.74) is 4.67. The number of halogens is 4. The quantitative estimate of drug-likeness (QED) is 0.327. The van der Waals surface area contributed by atoms with E-state index in [2.05, 4.69) is 19.9 Å². The van der Waals surface area contributed by atoms with E-state index in [1.165, 1.54) is 6.07 Å². The third-order valence-electron chi connectivity index (χ3n) is 4.71. The van der Waals surface area contributed by atoms with Crippen LogP contribution in [0, 0.1) is 19.7 Å². The normalized spacial score (nSPS) is 10.5. The Balaban J connectivity index is 0.00000171. The van der Waals surface area contributed by atoms with Crippen LogP contribution in [0.15, 0.2) is 42.7 Å². The molecule has 0 bridgehead atoms. The van der Waals surface area contributed by atoms with Crippen LogP contribution in [0.3, 0.4) is 0 Å². The Kier molecular flexibility index (Phi) is 9.01. The minimum atomic E-state index is -0.262. The van der Waals surface area contributed by atoms with E-state index in [9.17, 15) is 4.39 Å². The number of H-pyrrole nitrogens is 1. The highest BCUT2D eigenvalue weighted by molar-refractivity contribution is 7.15. The van der Waals surface area contributed by atoms with Gasteiger partial charge < -0.3 is 4.98 Å². The standard InChI is InChI=1S/C22H20ClFN4S.2ClH/c1-13-22(29-14(2)27-13)20-12-26-21(28-20)10-18-8-4-15(11-25-18)3-5-16-6-7-17(23)9-19(16)24;;/h4,6-9,11-12H,3,5,10H2,1-2H3,(H,26,28);2*1H. The van der Waals surface area contributed by atoms with Gasteiger partial charge in [-0.15, -0.1) is 36.2 Å². The molecule has 3 aromatic heterocycles. The molecule has 1 aromatic carbocycles. The lowest BCUT2D eigenvalue weighted by Crippen LogP contribution is -1.98. The Bertz CT molecular complexity index is 1140. The molecule has 0 atom stereocenters. The van der Waals surface area contributed by atoms with Gasteiger partial charge in [-0.3, -0.25) is 4.98 Å². The van der Waals surface area contributed by atoms with Crippen LogP contribution < -0.4 is 0 Å². The Morgan fingerprint density at radius 3 is 2.48 bits per heavy atom. The average molecular weight is 500 g/mol. The van der Waals surface area contributed by atoms with Gasteiger partial charge in [0.1, 0.15) is 11.6 Å². The largest absolute Gasteiger partial charge is 0.341 e. The maximum absolute atomic E-state index is 13.9. The lowest BCUT2D eigenvalue weighted by molar-refractivity contribution is 0.608. The number of pyridine rings is 1. The van der Waals surface area contributed by atoms with Crippen LogP contribution in [0.25, 0.3) is 10.6 Å². The molecule has 0 aliphatic carbocycles. The molecule has 0 fully saturated rings. The molecule has 0 unspecified atom stereocenters. The van der Waals surface area contributed by atoms with Crippen LogP contribution in [-0.2, 0) is 19.3 Å². The average Bonchev–Trinajstić information content (AvgIpc) is 3.28. The van der Waals surface area contributed by atoms with Crippen molar-refractivity contribution >= 4 is 47.8 Å². The summed E-state index contributed by atoms with van der Waals surface area (Å²) in [6.45, 7) is 4.01. The first kappa shape index (κ1) is 25.3. The number of hydrogen-bond acceptors (Lipinski definition) is 4. The molecule has 4 nitrogen and oxygen atoms in total. The van der Waals surface area contributed by atoms with Gasteiger partial charge in [0, 0.05) is 23.3 Å². The zero-order valence-electron chi connectivity index (χ0n) is 17.0. The van der Waals surface area contributed by atoms with Crippen LogP contribution in [-0.4, -0.2) is 19.9 Å². The summed E-state index contributed by atoms with van der Waals surface area (Å²) in [4.78, 5) is 18.0. The Morgan fingerprint density at radius 2 is 1.84 bits per heavy atom. The second-order valence-corrected chi connectivity index (χ2v) is 8.60. The highest BCUT2D eigenvalue weighted by Crippen LogP contribution is 2.28. The van der Waals surface area contributed by atoms with Crippen molar-refractivity contribution in [1.29, 1.82) is 0 Å². The number of aromatic amines is 1. The first-order valence-corrected chi connectivity index (χ1v) is 10.5. The third kappa shape index (κ3) is 6.26. The molecular weight excluding hydrogens is 478 g/mol. The van der Waals surface area contributed by atoms with Gasteiger partial charge in [0.15, 0.2) is 0 Å². The monoisotopic (exact) mass is 498 g/mol. The van der Waals surface area contributed by atoms with Crippen molar-refractivity contribution in [3.05, 3.63) is 86.9 Å². The van der Waals surface area contributed by atoms with E-state index in [1.807, 2.05) is 38.4 Å². The first-order chi connectivity index (χ1) is 14.0. The van der Waals surface area contributed by atoms with Crippen molar-refractivity contribution in [1.82, 2.24) is 19.9 Å². The fourth-order valence-corrected chi connectivity index (χ4v) is 4.28. The molecule has 0 aliphatic heterocycles. The summed E-state index contributed by atoms with van der Waals surface area (Å²) in [5, 5.41) is 1.46. The Hall–Kier alpha value is -1.99. The molecule has 4 rings (SSSR count). The molecule has 0 radical (unpaired) electrons. The second kappa shape index (κ2) is 11.0. The van der Waals surface area contributed by atoms with E-state index in [1.54, 1.807) is 23.5 Å². The first-order valence-electron chi connectivity index (χ1n) is 9.34. The number of benzene rings is 1. The van der Waals surface area contributed by atoms with Gasteiger partial charge >= 0.3 is 0 Å². The zero-order valence-corrected chi connectivity index (χ0v) is 20.2. The van der Waals surface area contributed by atoms with Gasteiger partial charge in [0.05, 0.1) is 27.5 Å². The van der Waals surface area contributed by atoms with Crippen LogP contribution >= 0.6 is 47.8 Å². The van der Waals surface area contributed by atoms with E-state index in [4.69, 9.17) is 11.6 Å². The third-order valence-corrected chi connectivity index (χ3v) is 6.05. The molecule has 1 N–H and O–H groups in total. The van der Waals surface area contributed by atoms with Crippen LogP contribution in [0.4, 0.5) is 4.39 Å². The smallest absolute Gasteiger partial charge is 0.127 e. The lowest BCUT2D eigenvalue weighted by Gasteiger charge is -2.05. The Labute approximate surface area is 202 Å². The number of nitrogens with zero attached hydrogens (tertiary/aromatic N) is 3. The van der Waals surface area contributed by atoms with Gasteiger partial charge in [0.2, 0.25) is 0 Å². The molecule has 0 amide bonds. The minimum absolute atomic E-state index is 0. The number of imidazole rings is 1. The maximum Gasteiger partial charge on any atom is 0.127 e. The van der Waals surface area contributed by atoms with Crippen LogP contribution in [0.1, 0.15) is 33.3 Å². The second-order valence-electron chi connectivity index (χ2n) is 6.96. The van der Waals surface area contributed by atoms with Crippen LogP contribution in [0.2, 0.25) is 5.02 Å². The number of thiazole rings is 1. The molecule has 31 heavy (non-hydrogen) atoms. The van der Waals surface area contributed by atoms with Gasteiger partial charge in [0.25, 0.3) is 0 Å². The van der Waals surface area contributed by atoms with Crippen molar-refractivity contribution in [2.75, 3.05) is 0 Å². The molecule has 0 aliphatic rings. The Morgan fingerprint density at radius 1 is 1.03 bits per heavy atom. The van der Waals surface area contributed by atoms with Crippen molar-refractivity contribution in [3.63, 3.8) is 0 Å². The van der Waals surface area contributed by atoms with E-state index < -0.39 is 0 Å². The highest BCUT2D eigenvalue weighted by atomic mass is 35.5. The highest BCUT2D eigenvalue weighted by Gasteiger charge is 2.11. The van der Waals surface area contributed by atoms with E-state index in [0.29, 0.717) is 23.4 Å². The van der Waals surface area contributed by atoms with Gasteiger partial charge in [-0.1, -0.05) is 23.7 Å². The lowest BCUT2D eigenvalue weighted by atomic mass is 10.0. The number of rotatable bonds is 6. The minimum Gasteiger partial charge on any atom is -0.341 e. The topological polar surface area (TPSA) is 54.5 Å². The van der Waals surface area contributed by atoms with Crippen molar-refractivity contribution in [3.8, 4) is 10.6 Å². The number of nitrogens with one attached hydrogen (secondary N) is 1. The van der Waals surface area contributed by atoms with E-state index in [-0.39, 0.29) is 30.6 Å². The fraction of sp³-hybridized carbons (Fsp3) is 0.227. The van der Waals surface area contributed by atoms with E-state index in [0.717, 1.165) is 44.8 Å². The maximum atomic E-state index is 13.9. The summed E-state index contributed by atoms with van der Waals surface area (Å²) in [6.07, 6.45) is 5.66.